The lowest BCUT2D eigenvalue weighted by molar-refractivity contribution is -0.137. The molecule has 2 N–H and O–H groups in total. The van der Waals surface area contributed by atoms with Crippen LogP contribution >= 0.6 is 0 Å². The number of benzene rings is 3. The van der Waals surface area contributed by atoms with Crippen molar-refractivity contribution in [1.29, 1.82) is 0 Å². The number of nitrogens with zero attached hydrogens (tertiary/aromatic N) is 1. The first-order chi connectivity index (χ1) is 20.4. The van der Waals surface area contributed by atoms with Crippen molar-refractivity contribution in [1.82, 2.24) is 4.90 Å². The van der Waals surface area contributed by atoms with Gasteiger partial charge in [-0.15, -0.1) is 0 Å². The number of fused-ring (bicyclic) bond motifs is 7. The summed E-state index contributed by atoms with van der Waals surface area (Å²) in [5.74, 6) is -0.657. The van der Waals surface area contributed by atoms with Gasteiger partial charge in [0.2, 0.25) is 11.7 Å². The molecule has 9 nitrogen and oxygen atoms in total. The van der Waals surface area contributed by atoms with Crippen LogP contribution in [-0.2, 0) is 27.0 Å². The molecule has 0 bridgehead atoms. The summed E-state index contributed by atoms with van der Waals surface area (Å²) in [6, 6.07) is 16.3. The van der Waals surface area contributed by atoms with Crippen LogP contribution in [0, 0.1) is 5.92 Å². The second-order valence-electron chi connectivity index (χ2n) is 11.3. The fourth-order valence-electron chi connectivity index (χ4n) is 8.36. The summed E-state index contributed by atoms with van der Waals surface area (Å²) in [6.07, 6.45) is 2.20. The zero-order valence-electron chi connectivity index (χ0n) is 24.1. The third-order valence-electron chi connectivity index (χ3n) is 9.83. The Morgan fingerprint density at radius 1 is 0.929 bits per heavy atom. The molecule has 2 fully saturated rings. The molecule has 0 unspecified atom stereocenters. The molecule has 2 spiro atoms. The molecule has 3 aromatic rings. The molecule has 9 heteroatoms. The maximum Gasteiger partial charge on any atom is 0.251 e. The van der Waals surface area contributed by atoms with Crippen LogP contribution in [0.4, 0.5) is 11.4 Å². The van der Waals surface area contributed by atoms with Crippen molar-refractivity contribution in [3.63, 3.8) is 0 Å². The number of Topliss-reactive ketones (excluding diaryl/α,β-unsaturated/α-hetero) is 1. The lowest BCUT2D eigenvalue weighted by atomic mass is 9.57. The lowest BCUT2D eigenvalue weighted by Gasteiger charge is -2.43. The van der Waals surface area contributed by atoms with Crippen LogP contribution in [-0.4, -0.2) is 56.4 Å². The minimum atomic E-state index is -1.52. The lowest BCUT2D eigenvalue weighted by Crippen LogP contribution is -2.62. The number of amides is 2. The van der Waals surface area contributed by atoms with E-state index in [9.17, 15) is 9.59 Å². The van der Waals surface area contributed by atoms with Gasteiger partial charge in [0, 0.05) is 28.5 Å². The van der Waals surface area contributed by atoms with Gasteiger partial charge in [-0.3, -0.25) is 19.3 Å². The minimum Gasteiger partial charge on any atom is -0.493 e. The van der Waals surface area contributed by atoms with Gasteiger partial charge in [-0.25, -0.2) is 0 Å². The number of ether oxygens (including phenoxy) is 3. The maximum absolute atomic E-state index is 15.0. The number of para-hydroxylation sites is 2. The molecule has 0 aliphatic carbocycles. The first-order valence-electron chi connectivity index (χ1n) is 14.4. The molecule has 0 radical (unpaired) electrons. The van der Waals surface area contributed by atoms with Crippen LogP contribution in [0.1, 0.15) is 46.8 Å². The molecule has 2 amide bonds. The normalized spacial score (nSPS) is 27.0. The first-order valence-corrected chi connectivity index (χ1v) is 14.4. The average Bonchev–Trinajstić information content (AvgIpc) is 3.74. The summed E-state index contributed by atoms with van der Waals surface area (Å²) in [5.41, 5.74) is 1.18. The number of aryl methyl sites for hydroxylation is 1. The van der Waals surface area contributed by atoms with Gasteiger partial charge in [0.15, 0.2) is 17.3 Å². The Morgan fingerprint density at radius 3 is 2.33 bits per heavy atom. The summed E-state index contributed by atoms with van der Waals surface area (Å²) < 4.78 is 16.7. The Morgan fingerprint density at radius 2 is 1.64 bits per heavy atom. The van der Waals surface area contributed by atoms with Gasteiger partial charge in [0.05, 0.1) is 27.2 Å². The van der Waals surface area contributed by atoms with Crippen molar-refractivity contribution in [3.05, 3.63) is 76.9 Å². The Hall–Kier alpha value is -4.37. The summed E-state index contributed by atoms with van der Waals surface area (Å²) in [5, 5.41) is 6.27. The highest BCUT2D eigenvalue weighted by Crippen LogP contribution is 2.68. The number of ketones is 1. The van der Waals surface area contributed by atoms with Gasteiger partial charge < -0.3 is 24.8 Å². The number of anilines is 2. The quantitative estimate of drug-likeness (QED) is 0.428. The Labute approximate surface area is 244 Å². The van der Waals surface area contributed by atoms with Crippen LogP contribution in [0.2, 0.25) is 0 Å². The Balaban J connectivity index is 1.55. The van der Waals surface area contributed by atoms with E-state index in [4.69, 9.17) is 14.2 Å². The Bertz CT molecular complexity index is 1640. The smallest absolute Gasteiger partial charge is 0.251 e. The van der Waals surface area contributed by atoms with Crippen molar-refractivity contribution < 1.29 is 28.6 Å². The van der Waals surface area contributed by atoms with Crippen LogP contribution in [0.5, 0.6) is 17.2 Å². The molecule has 42 heavy (non-hydrogen) atoms. The Kier molecular flexibility index (Phi) is 5.89. The largest absolute Gasteiger partial charge is 0.493 e. The average molecular weight is 568 g/mol. The van der Waals surface area contributed by atoms with Crippen molar-refractivity contribution in [2.45, 2.75) is 43.2 Å². The molecule has 4 aliphatic heterocycles. The van der Waals surface area contributed by atoms with E-state index in [1.807, 2.05) is 49.4 Å². The van der Waals surface area contributed by atoms with Crippen LogP contribution in [0.3, 0.4) is 0 Å². The SMILES string of the molecule is CCc1cccc2c1NC(=O)[C@@]21N2CCC[C@@H]2[C@H](C(=O)c2cc(OC)c(OC)c(OC)c2)[C@@]12C(=O)Nc1ccccc12. The zero-order chi connectivity index (χ0) is 29.4. The third kappa shape index (κ3) is 2.99. The molecule has 216 valence electrons. The predicted octanol–water partition coefficient (Wildman–Crippen LogP) is 4.29. The highest BCUT2D eigenvalue weighted by atomic mass is 16.5. The topological polar surface area (TPSA) is 106 Å². The van der Waals surface area contributed by atoms with E-state index in [-0.39, 0.29) is 23.6 Å². The molecule has 4 heterocycles. The molecule has 4 aliphatic rings. The van der Waals surface area contributed by atoms with Gasteiger partial charge >= 0.3 is 0 Å². The van der Waals surface area contributed by atoms with E-state index in [1.165, 1.54) is 21.3 Å². The van der Waals surface area contributed by atoms with E-state index >= 15 is 4.79 Å². The molecule has 7 rings (SSSR count). The fourth-order valence-corrected chi connectivity index (χ4v) is 8.36. The van der Waals surface area contributed by atoms with Crippen LogP contribution in [0.25, 0.3) is 0 Å². The van der Waals surface area contributed by atoms with Gasteiger partial charge in [0.25, 0.3) is 5.91 Å². The second-order valence-corrected chi connectivity index (χ2v) is 11.3. The highest BCUT2D eigenvalue weighted by molar-refractivity contribution is 6.21. The molecule has 2 saturated heterocycles. The zero-order valence-corrected chi connectivity index (χ0v) is 24.1. The van der Waals surface area contributed by atoms with Crippen molar-refractivity contribution in [3.8, 4) is 17.2 Å². The van der Waals surface area contributed by atoms with E-state index in [2.05, 4.69) is 15.5 Å². The van der Waals surface area contributed by atoms with Gasteiger partial charge in [-0.2, -0.15) is 0 Å². The minimum absolute atomic E-state index is 0.247. The van der Waals surface area contributed by atoms with Crippen molar-refractivity contribution in [2.24, 2.45) is 5.92 Å². The van der Waals surface area contributed by atoms with E-state index < -0.39 is 16.9 Å². The first kappa shape index (κ1) is 26.5. The second kappa shape index (κ2) is 9.32. The van der Waals surface area contributed by atoms with Crippen molar-refractivity contribution in [2.75, 3.05) is 38.5 Å². The molecule has 0 aromatic heterocycles. The number of rotatable bonds is 6. The molecular formula is C33H33N3O6. The molecule has 0 saturated carbocycles. The molecule has 3 aromatic carbocycles. The van der Waals surface area contributed by atoms with Gasteiger partial charge in [0.1, 0.15) is 11.0 Å². The molecular weight excluding hydrogens is 534 g/mol. The monoisotopic (exact) mass is 567 g/mol. The maximum atomic E-state index is 15.0. The van der Waals surface area contributed by atoms with Gasteiger partial charge in [-0.05, 0) is 55.1 Å². The summed E-state index contributed by atoms with van der Waals surface area (Å²) in [4.78, 5) is 46.6. The number of nitrogens with one attached hydrogen (secondary N) is 2. The predicted molar refractivity (Wildman–Crippen MR) is 157 cm³/mol. The highest BCUT2D eigenvalue weighted by Gasteiger charge is 2.81. The summed E-state index contributed by atoms with van der Waals surface area (Å²) in [6.45, 7) is 2.63. The number of carbonyl (C=O) groups is 3. The fraction of sp³-hybridized carbons (Fsp3) is 0.364. The summed E-state index contributed by atoms with van der Waals surface area (Å²) >= 11 is 0. The van der Waals surface area contributed by atoms with E-state index in [0.29, 0.717) is 53.4 Å². The van der Waals surface area contributed by atoms with Crippen LogP contribution in [0.15, 0.2) is 54.6 Å². The van der Waals surface area contributed by atoms with E-state index in [0.717, 1.165) is 23.2 Å². The van der Waals surface area contributed by atoms with E-state index in [1.54, 1.807) is 12.1 Å². The number of hydrogen-bond acceptors (Lipinski definition) is 7. The van der Waals surface area contributed by atoms with Gasteiger partial charge in [-0.1, -0.05) is 43.3 Å². The molecule has 4 atom stereocenters. The number of methoxy groups -OCH3 is 3. The summed E-state index contributed by atoms with van der Waals surface area (Å²) in [7, 11) is 4.51. The van der Waals surface area contributed by atoms with Crippen LogP contribution < -0.4 is 24.8 Å². The standard InChI is InChI=1S/C33H33N3O6/c1-5-18-10-8-12-21-27(18)35-31(39)33(21)32(20-11-6-7-13-22(20)34-30(32)38)26(23-14-9-15-36(23)33)28(37)19-16-24(40-2)29(42-4)25(17-19)41-3/h6-8,10-13,16-17,23,26H,5,9,14-15H2,1-4H3,(H,34,38)(H,35,39)/t23-,26-,32+,33+/m1/s1. The third-order valence-corrected chi connectivity index (χ3v) is 9.83. The number of hydrogen-bond donors (Lipinski definition) is 2. The van der Waals surface area contributed by atoms with Crippen molar-refractivity contribution >= 4 is 29.0 Å². The number of carbonyl (C=O) groups excluding carboxylic acids is 3.